The van der Waals surface area contributed by atoms with E-state index in [0.29, 0.717) is 5.92 Å². The Morgan fingerprint density at radius 3 is 2.08 bits per heavy atom. The molecule has 0 aromatic heterocycles. The maximum Gasteiger partial charge on any atom is 0.181 e. The fraction of sp³-hybridized carbons (Fsp3) is 0.545. The van der Waals surface area contributed by atoms with Crippen LogP contribution < -0.4 is 0 Å². The van der Waals surface area contributed by atoms with Gasteiger partial charge in [0.05, 0.1) is 0 Å². The SMILES string of the molecule is C/C=C/C(=O)/C(C)=C(\C)C(C)C. The van der Waals surface area contributed by atoms with Crippen molar-refractivity contribution in [1.29, 1.82) is 0 Å². The Morgan fingerprint density at radius 2 is 1.75 bits per heavy atom. The number of ketones is 1. The fourth-order valence-corrected chi connectivity index (χ4v) is 0.904. The van der Waals surface area contributed by atoms with E-state index in [9.17, 15) is 4.79 Å². The molecule has 0 heterocycles. The van der Waals surface area contributed by atoms with Gasteiger partial charge in [0, 0.05) is 0 Å². The van der Waals surface area contributed by atoms with E-state index in [1.54, 1.807) is 12.2 Å². The lowest BCUT2D eigenvalue weighted by Gasteiger charge is -2.08. The number of allylic oxidation sites excluding steroid dienone is 4. The van der Waals surface area contributed by atoms with Crippen LogP contribution in [0.15, 0.2) is 23.3 Å². The van der Waals surface area contributed by atoms with Crippen LogP contribution in [0.1, 0.15) is 34.6 Å². The first-order chi connectivity index (χ1) is 5.50. The number of carbonyl (C=O) groups is 1. The normalized spacial score (nSPS) is 13.8. The van der Waals surface area contributed by atoms with Gasteiger partial charge in [-0.25, -0.2) is 0 Å². The molecule has 0 aliphatic rings. The molecule has 12 heavy (non-hydrogen) atoms. The molecule has 0 rings (SSSR count). The summed E-state index contributed by atoms with van der Waals surface area (Å²) < 4.78 is 0. The van der Waals surface area contributed by atoms with Crippen LogP contribution in [0.5, 0.6) is 0 Å². The molecule has 0 aromatic rings. The molecule has 1 heteroatoms. The lowest BCUT2D eigenvalue weighted by Crippen LogP contribution is -2.01. The predicted molar refractivity (Wildman–Crippen MR) is 53.0 cm³/mol. The number of carbonyl (C=O) groups excluding carboxylic acids is 1. The minimum atomic E-state index is 0.128. The van der Waals surface area contributed by atoms with Gasteiger partial charge in [-0.15, -0.1) is 0 Å². The monoisotopic (exact) mass is 166 g/mol. The lowest BCUT2D eigenvalue weighted by molar-refractivity contribution is -0.111. The molecule has 0 saturated carbocycles. The fourth-order valence-electron chi connectivity index (χ4n) is 0.904. The standard InChI is InChI=1S/C11H18O/c1-6-7-11(12)10(5)9(4)8(2)3/h6-8H,1-5H3/b7-6+,10-9+. The third kappa shape index (κ3) is 3.04. The van der Waals surface area contributed by atoms with Crippen LogP contribution in [0, 0.1) is 5.92 Å². The van der Waals surface area contributed by atoms with Crippen molar-refractivity contribution in [2.75, 3.05) is 0 Å². The van der Waals surface area contributed by atoms with Gasteiger partial charge in [-0.3, -0.25) is 4.79 Å². The van der Waals surface area contributed by atoms with Crippen LogP contribution in [0.3, 0.4) is 0 Å². The maximum absolute atomic E-state index is 11.3. The summed E-state index contributed by atoms with van der Waals surface area (Å²) in [5, 5.41) is 0. The van der Waals surface area contributed by atoms with Gasteiger partial charge in [0.15, 0.2) is 5.78 Å². The quantitative estimate of drug-likeness (QED) is 0.589. The zero-order valence-corrected chi connectivity index (χ0v) is 8.64. The highest BCUT2D eigenvalue weighted by molar-refractivity contribution is 6.03. The molecule has 68 valence electrons. The van der Waals surface area contributed by atoms with Crippen molar-refractivity contribution in [2.24, 2.45) is 5.92 Å². The Morgan fingerprint density at radius 1 is 1.25 bits per heavy atom. The number of rotatable bonds is 3. The zero-order valence-electron chi connectivity index (χ0n) is 8.64. The summed E-state index contributed by atoms with van der Waals surface area (Å²) >= 11 is 0. The highest BCUT2D eigenvalue weighted by Crippen LogP contribution is 2.14. The third-order valence-corrected chi connectivity index (χ3v) is 2.15. The molecule has 0 aliphatic heterocycles. The van der Waals surface area contributed by atoms with E-state index in [2.05, 4.69) is 13.8 Å². The summed E-state index contributed by atoms with van der Waals surface area (Å²) in [6.45, 7) is 9.96. The Hall–Kier alpha value is -0.850. The summed E-state index contributed by atoms with van der Waals surface area (Å²) in [4.78, 5) is 11.3. The first kappa shape index (κ1) is 11.2. The largest absolute Gasteiger partial charge is 0.290 e. The molecule has 0 aromatic carbocycles. The molecule has 0 bridgehead atoms. The summed E-state index contributed by atoms with van der Waals surface area (Å²) in [6, 6.07) is 0. The van der Waals surface area contributed by atoms with Gasteiger partial charge < -0.3 is 0 Å². The van der Waals surface area contributed by atoms with Crippen LogP contribution in [0.2, 0.25) is 0 Å². The number of hydrogen-bond acceptors (Lipinski definition) is 1. The molecular weight excluding hydrogens is 148 g/mol. The van der Waals surface area contributed by atoms with Gasteiger partial charge >= 0.3 is 0 Å². The van der Waals surface area contributed by atoms with Crippen molar-refractivity contribution in [3.05, 3.63) is 23.3 Å². The van der Waals surface area contributed by atoms with Gasteiger partial charge in [-0.1, -0.05) is 25.5 Å². The smallest absolute Gasteiger partial charge is 0.181 e. The number of hydrogen-bond donors (Lipinski definition) is 0. The molecule has 0 N–H and O–H groups in total. The minimum Gasteiger partial charge on any atom is -0.290 e. The molecule has 0 unspecified atom stereocenters. The van der Waals surface area contributed by atoms with Crippen molar-refractivity contribution in [2.45, 2.75) is 34.6 Å². The second-order valence-electron chi connectivity index (χ2n) is 3.33. The molecule has 0 atom stereocenters. The summed E-state index contributed by atoms with van der Waals surface area (Å²) in [7, 11) is 0. The van der Waals surface area contributed by atoms with Gasteiger partial charge in [0.2, 0.25) is 0 Å². The first-order valence-corrected chi connectivity index (χ1v) is 4.35. The molecule has 1 nitrogen and oxygen atoms in total. The minimum absolute atomic E-state index is 0.128. The average molecular weight is 166 g/mol. The Labute approximate surface area is 75.2 Å². The Balaban J connectivity index is 4.66. The second-order valence-corrected chi connectivity index (χ2v) is 3.33. The molecule has 0 fully saturated rings. The highest BCUT2D eigenvalue weighted by Gasteiger charge is 2.06. The van der Waals surface area contributed by atoms with Crippen molar-refractivity contribution in [1.82, 2.24) is 0 Å². The molecular formula is C11H18O. The molecule has 0 amide bonds. The van der Waals surface area contributed by atoms with E-state index < -0.39 is 0 Å². The van der Waals surface area contributed by atoms with E-state index in [1.165, 1.54) is 5.57 Å². The summed E-state index contributed by atoms with van der Waals surface area (Å²) in [5.41, 5.74) is 2.06. The van der Waals surface area contributed by atoms with Crippen LogP contribution in [-0.4, -0.2) is 5.78 Å². The molecule has 0 radical (unpaired) electrons. The highest BCUT2D eigenvalue weighted by atomic mass is 16.1. The van der Waals surface area contributed by atoms with Crippen molar-refractivity contribution < 1.29 is 4.79 Å². The summed E-state index contributed by atoms with van der Waals surface area (Å²) in [5.74, 6) is 0.586. The predicted octanol–water partition coefficient (Wildman–Crippen LogP) is 3.12. The third-order valence-electron chi connectivity index (χ3n) is 2.15. The Kier molecular flexibility index (Phi) is 4.57. The molecule has 0 aliphatic carbocycles. The van der Waals surface area contributed by atoms with Gasteiger partial charge in [0.25, 0.3) is 0 Å². The summed E-state index contributed by atoms with van der Waals surface area (Å²) in [6.07, 6.45) is 3.39. The van der Waals surface area contributed by atoms with E-state index in [-0.39, 0.29) is 5.78 Å². The molecule has 0 spiro atoms. The van der Waals surface area contributed by atoms with E-state index in [0.717, 1.165) is 5.57 Å². The lowest BCUT2D eigenvalue weighted by atomic mass is 9.97. The van der Waals surface area contributed by atoms with Gasteiger partial charge in [-0.2, -0.15) is 0 Å². The zero-order chi connectivity index (χ0) is 9.72. The average Bonchev–Trinajstić information content (AvgIpc) is 2.02. The topological polar surface area (TPSA) is 17.1 Å². The van der Waals surface area contributed by atoms with Crippen LogP contribution in [-0.2, 0) is 4.79 Å². The van der Waals surface area contributed by atoms with Crippen molar-refractivity contribution >= 4 is 5.78 Å². The van der Waals surface area contributed by atoms with Crippen LogP contribution >= 0.6 is 0 Å². The first-order valence-electron chi connectivity index (χ1n) is 4.35. The van der Waals surface area contributed by atoms with Gasteiger partial charge in [-0.05, 0) is 38.3 Å². The van der Waals surface area contributed by atoms with E-state index >= 15 is 0 Å². The maximum atomic E-state index is 11.3. The van der Waals surface area contributed by atoms with E-state index in [4.69, 9.17) is 0 Å². The van der Waals surface area contributed by atoms with Crippen molar-refractivity contribution in [3.8, 4) is 0 Å². The second kappa shape index (κ2) is 4.91. The Bertz CT molecular complexity index is 219. The van der Waals surface area contributed by atoms with Crippen LogP contribution in [0.25, 0.3) is 0 Å². The van der Waals surface area contributed by atoms with E-state index in [1.807, 2.05) is 20.8 Å². The van der Waals surface area contributed by atoms with Crippen LogP contribution in [0.4, 0.5) is 0 Å². The van der Waals surface area contributed by atoms with Crippen molar-refractivity contribution in [3.63, 3.8) is 0 Å². The van der Waals surface area contributed by atoms with Gasteiger partial charge in [0.1, 0.15) is 0 Å². The molecule has 0 saturated heterocycles.